The van der Waals surface area contributed by atoms with Crippen molar-refractivity contribution in [2.24, 2.45) is 13.0 Å². The van der Waals surface area contributed by atoms with Crippen molar-refractivity contribution < 1.29 is 35.9 Å². The van der Waals surface area contributed by atoms with Crippen LogP contribution >= 0.6 is 0 Å². The smallest absolute Gasteiger partial charge is 0.344 e. The van der Waals surface area contributed by atoms with Gasteiger partial charge in [0.05, 0.1) is 5.69 Å². The maximum absolute atomic E-state index is 13.8. The molecule has 2 heterocycles. The lowest BCUT2D eigenvalue weighted by molar-refractivity contribution is -0.141. The Bertz CT molecular complexity index is 987. The van der Waals surface area contributed by atoms with Crippen LogP contribution in [-0.2, 0) is 22.8 Å². The third-order valence-electron chi connectivity index (χ3n) is 4.68. The van der Waals surface area contributed by atoms with E-state index in [0.29, 0.717) is 6.07 Å². The van der Waals surface area contributed by atoms with Gasteiger partial charge >= 0.3 is 6.18 Å². The Morgan fingerprint density at radius 2 is 1.83 bits per heavy atom. The van der Waals surface area contributed by atoms with E-state index in [1.807, 2.05) is 5.32 Å². The van der Waals surface area contributed by atoms with Crippen molar-refractivity contribution in [2.75, 3.05) is 18.9 Å². The largest absolute Gasteiger partial charge is 0.435 e. The fourth-order valence-corrected chi connectivity index (χ4v) is 3.26. The number of nitrogens with zero attached hydrogens (tertiary/aromatic N) is 3. The van der Waals surface area contributed by atoms with Gasteiger partial charge in [-0.2, -0.15) is 18.3 Å². The number of alkyl halides is 3. The van der Waals surface area contributed by atoms with Gasteiger partial charge in [-0.3, -0.25) is 14.3 Å². The van der Waals surface area contributed by atoms with E-state index in [0.717, 1.165) is 21.7 Å². The predicted molar refractivity (Wildman–Crippen MR) is 87.0 cm³/mol. The van der Waals surface area contributed by atoms with Crippen LogP contribution in [0.1, 0.15) is 17.3 Å². The van der Waals surface area contributed by atoms with E-state index in [1.54, 1.807) is 0 Å². The van der Waals surface area contributed by atoms with Gasteiger partial charge in [-0.1, -0.05) is 0 Å². The molecule has 2 atom stereocenters. The van der Waals surface area contributed by atoms with Crippen LogP contribution in [0.5, 0.6) is 0 Å². The van der Waals surface area contributed by atoms with Crippen LogP contribution in [0, 0.1) is 23.4 Å². The normalized spacial score (nSPS) is 19.7. The molecule has 156 valence electrons. The highest BCUT2D eigenvalue weighted by Gasteiger charge is 2.47. The molecule has 0 radical (unpaired) electrons. The van der Waals surface area contributed by atoms with E-state index < -0.39 is 58.7 Å². The molecule has 1 aliphatic heterocycles. The van der Waals surface area contributed by atoms with Gasteiger partial charge in [-0.25, -0.2) is 13.2 Å². The zero-order valence-electron chi connectivity index (χ0n) is 15.0. The van der Waals surface area contributed by atoms with Gasteiger partial charge in [0.15, 0.2) is 23.1 Å². The molecule has 3 rings (SSSR count). The molecular formula is C17H14F6N4O2. The van der Waals surface area contributed by atoms with E-state index in [4.69, 9.17) is 0 Å². The maximum Gasteiger partial charge on any atom is 0.435 e. The summed E-state index contributed by atoms with van der Waals surface area (Å²) in [5.41, 5.74) is -1.92. The Kier molecular flexibility index (Phi) is 5.05. The second-order valence-corrected chi connectivity index (χ2v) is 6.59. The number of hydrogen-bond acceptors (Lipinski definition) is 3. The lowest BCUT2D eigenvalue weighted by Crippen LogP contribution is -2.33. The molecule has 1 aliphatic rings. The third kappa shape index (κ3) is 3.66. The Morgan fingerprint density at radius 1 is 1.17 bits per heavy atom. The number of halogens is 6. The first-order valence-electron chi connectivity index (χ1n) is 8.22. The lowest BCUT2D eigenvalue weighted by atomic mass is 9.91. The van der Waals surface area contributed by atoms with Crippen molar-refractivity contribution >= 4 is 17.5 Å². The number of carbonyl (C=O) groups excluding carboxylic acids is 2. The predicted octanol–water partition coefficient (Wildman–Crippen LogP) is 2.67. The zero-order chi connectivity index (χ0) is 21.7. The van der Waals surface area contributed by atoms with Gasteiger partial charge in [0.1, 0.15) is 5.92 Å². The summed E-state index contributed by atoms with van der Waals surface area (Å²) in [4.78, 5) is 26.2. The lowest BCUT2D eigenvalue weighted by Gasteiger charge is -2.17. The molecule has 12 heteroatoms. The molecule has 1 N–H and O–H groups in total. The topological polar surface area (TPSA) is 67.2 Å². The molecule has 29 heavy (non-hydrogen) atoms. The van der Waals surface area contributed by atoms with Crippen molar-refractivity contribution in [1.29, 1.82) is 0 Å². The van der Waals surface area contributed by atoms with Crippen molar-refractivity contribution in [3.63, 3.8) is 0 Å². The van der Waals surface area contributed by atoms with E-state index in [9.17, 15) is 35.9 Å². The summed E-state index contributed by atoms with van der Waals surface area (Å²) in [5, 5.41) is 5.38. The number of carbonyl (C=O) groups is 2. The number of likely N-dealkylation sites (N-methyl/N-ethyl adjacent to an activating group) is 1. The summed E-state index contributed by atoms with van der Waals surface area (Å²) in [7, 11) is 2.58. The second-order valence-electron chi connectivity index (χ2n) is 6.59. The van der Waals surface area contributed by atoms with Crippen molar-refractivity contribution in [1.82, 2.24) is 14.7 Å². The van der Waals surface area contributed by atoms with Crippen LogP contribution < -0.4 is 5.32 Å². The van der Waals surface area contributed by atoms with Gasteiger partial charge in [0.2, 0.25) is 11.8 Å². The molecule has 0 aliphatic carbocycles. The average Bonchev–Trinajstić information content (AvgIpc) is 3.15. The molecule has 1 aromatic carbocycles. The summed E-state index contributed by atoms with van der Waals surface area (Å²) in [5.74, 6) is -9.25. The zero-order valence-corrected chi connectivity index (χ0v) is 15.0. The Labute approximate surface area is 160 Å². The number of likely N-dealkylation sites (tertiary alicyclic amines) is 1. The molecular weight excluding hydrogens is 406 g/mol. The Hall–Kier alpha value is -3.05. The third-order valence-corrected chi connectivity index (χ3v) is 4.68. The summed E-state index contributed by atoms with van der Waals surface area (Å²) < 4.78 is 80.0. The van der Waals surface area contributed by atoms with Crippen LogP contribution in [0.25, 0.3) is 0 Å². The monoisotopic (exact) mass is 420 g/mol. The number of rotatable bonds is 3. The number of aryl methyl sites for hydroxylation is 1. The number of amides is 2. The van der Waals surface area contributed by atoms with Gasteiger partial charge in [0.25, 0.3) is 0 Å². The summed E-state index contributed by atoms with van der Waals surface area (Å²) in [6, 6.07) is 2.09. The summed E-state index contributed by atoms with van der Waals surface area (Å²) in [6.45, 7) is -0.0893. The minimum Gasteiger partial charge on any atom is -0.344 e. The van der Waals surface area contributed by atoms with Gasteiger partial charge < -0.3 is 10.2 Å². The molecule has 0 unspecified atom stereocenters. The number of nitrogens with one attached hydrogen (secondary N) is 1. The van der Waals surface area contributed by atoms with Gasteiger partial charge in [0, 0.05) is 32.3 Å². The quantitative estimate of drug-likeness (QED) is 0.472. The molecule has 0 spiro atoms. The first-order chi connectivity index (χ1) is 13.4. The first-order valence-corrected chi connectivity index (χ1v) is 8.22. The Balaban J connectivity index is 1.94. The van der Waals surface area contributed by atoms with Crippen molar-refractivity contribution in [3.8, 4) is 0 Å². The van der Waals surface area contributed by atoms with Gasteiger partial charge in [-0.05, 0) is 18.2 Å². The van der Waals surface area contributed by atoms with Gasteiger partial charge in [-0.15, -0.1) is 0 Å². The molecule has 2 aromatic rings. The van der Waals surface area contributed by atoms with E-state index in [-0.39, 0.29) is 12.2 Å². The number of benzene rings is 1. The highest BCUT2D eigenvalue weighted by Crippen LogP contribution is 2.37. The van der Waals surface area contributed by atoms with E-state index in [1.165, 1.54) is 14.1 Å². The molecule has 2 amide bonds. The molecule has 1 saturated heterocycles. The molecule has 1 fully saturated rings. The number of aromatic nitrogens is 2. The van der Waals surface area contributed by atoms with E-state index in [2.05, 4.69) is 5.10 Å². The van der Waals surface area contributed by atoms with Crippen LogP contribution in [0.4, 0.5) is 32.0 Å². The van der Waals surface area contributed by atoms with Crippen molar-refractivity contribution in [2.45, 2.75) is 12.1 Å². The standard InChI is InChI=1S/C17H14F6N4O2/c1-26-6-7(10-5-11(17(21,22)23)25-27(10)2)12(16(26)29)15(28)24-9-4-3-8(18)13(19)14(9)20/h3-5,7,12H,6H2,1-2H3,(H,24,28)/t7-,12+/m1/s1. The molecule has 0 saturated carbocycles. The van der Waals surface area contributed by atoms with Crippen LogP contribution in [0.3, 0.4) is 0 Å². The summed E-state index contributed by atoms with van der Waals surface area (Å²) >= 11 is 0. The fraction of sp³-hybridized carbons (Fsp3) is 0.353. The average molecular weight is 420 g/mol. The van der Waals surface area contributed by atoms with Crippen LogP contribution in [0.2, 0.25) is 0 Å². The highest BCUT2D eigenvalue weighted by molar-refractivity contribution is 6.08. The molecule has 1 aromatic heterocycles. The second kappa shape index (κ2) is 7.08. The van der Waals surface area contributed by atoms with Crippen LogP contribution in [0.15, 0.2) is 18.2 Å². The highest BCUT2D eigenvalue weighted by atomic mass is 19.4. The first kappa shape index (κ1) is 20.7. The minimum atomic E-state index is -4.73. The molecule has 0 bridgehead atoms. The maximum atomic E-state index is 13.8. The van der Waals surface area contributed by atoms with Crippen LogP contribution in [-0.4, -0.2) is 40.1 Å². The minimum absolute atomic E-state index is 0.0269. The number of anilines is 1. The Morgan fingerprint density at radius 3 is 2.41 bits per heavy atom. The fourth-order valence-electron chi connectivity index (χ4n) is 3.26. The summed E-state index contributed by atoms with van der Waals surface area (Å²) in [6.07, 6.45) is -4.73. The number of hydrogen-bond donors (Lipinski definition) is 1. The SMILES string of the molecule is CN1C[C@H](c2cc(C(F)(F)F)nn2C)[C@@H](C(=O)Nc2ccc(F)c(F)c2F)C1=O. The van der Waals surface area contributed by atoms with E-state index >= 15 is 0 Å². The molecule has 6 nitrogen and oxygen atoms in total. The van der Waals surface area contributed by atoms with Crippen molar-refractivity contribution in [3.05, 3.63) is 47.0 Å².